The lowest BCUT2D eigenvalue weighted by Gasteiger charge is -2.10. The molecule has 4 aromatic rings. The molecule has 27 heavy (non-hydrogen) atoms. The maximum atomic E-state index is 13.1. The molecule has 0 radical (unpaired) electrons. The van der Waals surface area contributed by atoms with Crippen LogP contribution in [0, 0.1) is 6.92 Å². The van der Waals surface area contributed by atoms with Crippen LogP contribution in [0.4, 0.5) is 0 Å². The maximum absolute atomic E-state index is 13.1. The van der Waals surface area contributed by atoms with Crippen molar-refractivity contribution in [2.45, 2.75) is 12.7 Å². The average molecular weight is 398 g/mol. The number of rotatable bonds is 4. The van der Waals surface area contributed by atoms with Crippen LogP contribution in [0.1, 0.15) is 11.3 Å². The summed E-state index contributed by atoms with van der Waals surface area (Å²) >= 11 is 6.13. The third-order valence-electron chi connectivity index (χ3n) is 4.28. The van der Waals surface area contributed by atoms with Gasteiger partial charge >= 0.3 is 0 Å². The van der Waals surface area contributed by atoms with E-state index in [4.69, 9.17) is 11.6 Å². The SMILES string of the molecule is Cc1cc2c(-c3ccccc3)nc(Cl)nc2n1S(=O)(=O)Cc1ccccc1. The van der Waals surface area contributed by atoms with Crippen LogP contribution in [-0.4, -0.2) is 22.4 Å². The number of halogens is 1. The zero-order valence-corrected chi connectivity index (χ0v) is 16.1. The number of fused-ring (bicyclic) bond motifs is 1. The van der Waals surface area contributed by atoms with Gasteiger partial charge in [0.15, 0.2) is 5.65 Å². The first-order valence-corrected chi connectivity index (χ1v) is 10.3. The summed E-state index contributed by atoms with van der Waals surface area (Å²) in [6.07, 6.45) is 0. The van der Waals surface area contributed by atoms with E-state index in [9.17, 15) is 8.42 Å². The van der Waals surface area contributed by atoms with Crippen molar-refractivity contribution < 1.29 is 8.42 Å². The van der Waals surface area contributed by atoms with E-state index in [1.54, 1.807) is 25.1 Å². The second-order valence-corrected chi connectivity index (χ2v) is 8.39. The smallest absolute Gasteiger partial charge is 0.225 e. The molecular formula is C20H16ClN3O2S. The van der Waals surface area contributed by atoms with Crippen molar-refractivity contribution in [3.8, 4) is 11.3 Å². The molecule has 0 bridgehead atoms. The number of aryl methyl sites for hydroxylation is 1. The number of hydrogen-bond acceptors (Lipinski definition) is 4. The summed E-state index contributed by atoms with van der Waals surface area (Å²) in [6, 6.07) is 20.4. The highest BCUT2D eigenvalue weighted by atomic mass is 35.5. The predicted molar refractivity (Wildman–Crippen MR) is 107 cm³/mol. The molecule has 136 valence electrons. The fourth-order valence-corrected chi connectivity index (χ4v) is 4.97. The standard InChI is InChI=1S/C20H16ClN3O2S/c1-14-12-17-18(16-10-6-3-7-11-16)22-20(21)23-19(17)24(14)27(25,26)13-15-8-4-2-5-9-15/h2-12H,13H2,1H3. The fraction of sp³-hybridized carbons (Fsp3) is 0.100. The Balaban J connectivity index is 1.92. The lowest BCUT2D eigenvalue weighted by Crippen LogP contribution is -2.17. The van der Waals surface area contributed by atoms with E-state index in [0.29, 0.717) is 28.0 Å². The van der Waals surface area contributed by atoms with Crippen LogP contribution >= 0.6 is 11.6 Å². The molecule has 0 saturated heterocycles. The second kappa shape index (κ2) is 6.79. The Kier molecular flexibility index (Phi) is 4.45. The molecule has 2 aromatic heterocycles. The zero-order chi connectivity index (χ0) is 19.0. The van der Waals surface area contributed by atoms with Gasteiger partial charge in [0.05, 0.1) is 11.4 Å². The first-order chi connectivity index (χ1) is 13.0. The van der Waals surface area contributed by atoms with E-state index in [2.05, 4.69) is 9.97 Å². The molecule has 0 aliphatic carbocycles. The number of aromatic nitrogens is 3. The highest BCUT2D eigenvalue weighted by molar-refractivity contribution is 7.89. The van der Waals surface area contributed by atoms with E-state index in [1.165, 1.54) is 3.97 Å². The summed E-state index contributed by atoms with van der Waals surface area (Å²) < 4.78 is 27.5. The molecule has 0 spiro atoms. The van der Waals surface area contributed by atoms with Crippen molar-refractivity contribution in [1.82, 2.24) is 13.9 Å². The Bertz CT molecular complexity index is 1220. The molecule has 0 aliphatic rings. The lowest BCUT2D eigenvalue weighted by molar-refractivity contribution is 0.587. The van der Waals surface area contributed by atoms with E-state index >= 15 is 0 Å². The Hall–Kier alpha value is -2.70. The maximum Gasteiger partial charge on any atom is 0.244 e. The van der Waals surface area contributed by atoms with Gasteiger partial charge in [-0.25, -0.2) is 17.4 Å². The molecule has 5 nitrogen and oxygen atoms in total. The Morgan fingerprint density at radius 3 is 2.26 bits per heavy atom. The first-order valence-electron chi connectivity index (χ1n) is 8.34. The Morgan fingerprint density at radius 1 is 0.963 bits per heavy atom. The number of benzene rings is 2. The largest absolute Gasteiger partial charge is 0.244 e. The lowest BCUT2D eigenvalue weighted by atomic mass is 10.1. The molecule has 0 saturated carbocycles. The van der Waals surface area contributed by atoms with Crippen LogP contribution < -0.4 is 0 Å². The average Bonchev–Trinajstić information content (AvgIpc) is 2.98. The van der Waals surface area contributed by atoms with Gasteiger partial charge in [-0.2, -0.15) is 4.98 Å². The minimum Gasteiger partial charge on any atom is -0.225 e. The van der Waals surface area contributed by atoms with Gasteiger partial charge in [0, 0.05) is 16.6 Å². The summed E-state index contributed by atoms with van der Waals surface area (Å²) in [6.45, 7) is 1.74. The van der Waals surface area contributed by atoms with Crippen molar-refractivity contribution in [2.24, 2.45) is 0 Å². The summed E-state index contributed by atoms with van der Waals surface area (Å²) in [7, 11) is -3.68. The fourth-order valence-electron chi connectivity index (χ4n) is 3.17. The van der Waals surface area contributed by atoms with Crippen LogP contribution in [0.25, 0.3) is 22.3 Å². The molecule has 0 atom stereocenters. The topological polar surface area (TPSA) is 64.8 Å². The van der Waals surface area contributed by atoms with Crippen molar-refractivity contribution in [3.05, 3.63) is 83.3 Å². The number of hydrogen-bond donors (Lipinski definition) is 0. The van der Waals surface area contributed by atoms with Crippen molar-refractivity contribution in [3.63, 3.8) is 0 Å². The Morgan fingerprint density at radius 2 is 1.59 bits per heavy atom. The van der Waals surface area contributed by atoms with Crippen LogP contribution in [-0.2, 0) is 15.8 Å². The van der Waals surface area contributed by atoms with E-state index in [-0.39, 0.29) is 11.0 Å². The Labute approximate surface area is 162 Å². The quantitative estimate of drug-likeness (QED) is 0.477. The molecule has 0 unspecified atom stereocenters. The van der Waals surface area contributed by atoms with E-state index in [1.807, 2.05) is 48.5 Å². The van der Waals surface area contributed by atoms with Crippen LogP contribution in [0.3, 0.4) is 0 Å². The summed E-state index contributed by atoms with van der Waals surface area (Å²) in [4.78, 5) is 8.57. The molecule has 0 aliphatic heterocycles. The van der Waals surface area contributed by atoms with Crippen molar-refractivity contribution >= 4 is 32.7 Å². The third-order valence-corrected chi connectivity index (χ3v) is 6.17. The molecular weight excluding hydrogens is 382 g/mol. The van der Waals surface area contributed by atoms with Crippen molar-refractivity contribution in [2.75, 3.05) is 0 Å². The monoisotopic (exact) mass is 397 g/mol. The number of nitrogens with zero attached hydrogens (tertiary/aromatic N) is 3. The minimum atomic E-state index is -3.68. The summed E-state index contributed by atoms with van der Waals surface area (Å²) in [5, 5.41) is 0.662. The first kappa shape index (κ1) is 17.7. The molecule has 2 heterocycles. The highest BCUT2D eigenvalue weighted by Gasteiger charge is 2.23. The van der Waals surface area contributed by atoms with Crippen LogP contribution in [0.2, 0.25) is 5.28 Å². The van der Waals surface area contributed by atoms with Gasteiger partial charge in [0.1, 0.15) is 0 Å². The molecule has 0 amide bonds. The second-order valence-electron chi connectivity index (χ2n) is 6.24. The minimum absolute atomic E-state index is 0.00983. The van der Waals surface area contributed by atoms with Gasteiger partial charge in [-0.3, -0.25) is 0 Å². The third kappa shape index (κ3) is 3.34. The van der Waals surface area contributed by atoms with Crippen LogP contribution in [0.15, 0.2) is 66.7 Å². The van der Waals surface area contributed by atoms with Gasteiger partial charge in [-0.15, -0.1) is 0 Å². The van der Waals surface area contributed by atoms with Gasteiger partial charge in [0.2, 0.25) is 15.3 Å². The van der Waals surface area contributed by atoms with Crippen LogP contribution in [0.5, 0.6) is 0 Å². The highest BCUT2D eigenvalue weighted by Crippen LogP contribution is 2.31. The van der Waals surface area contributed by atoms with Gasteiger partial charge < -0.3 is 0 Å². The normalized spacial score (nSPS) is 11.8. The van der Waals surface area contributed by atoms with Crippen molar-refractivity contribution in [1.29, 1.82) is 0 Å². The molecule has 0 fully saturated rings. The predicted octanol–water partition coefficient (Wildman–Crippen LogP) is 4.44. The van der Waals surface area contributed by atoms with Gasteiger partial charge in [0.25, 0.3) is 0 Å². The van der Waals surface area contributed by atoms with E-state index < -0.39 is 10.0 Å². The van der Waals surface area contributed by atoms with E-state index in [0.717, 1.165) is 5.56 Å². The molecule has 4 rings (SSSR count). The molecule has 7 heteroatoms. The zero-order valence-electron chi connectivity index (χ0n) is 14.5. The molecule has 2 aromatic carbocycles. The van der Waals surface area contributed by atoms with Gasteiger partial charge in [-0.05, 0) is 30.2 Å². The van der Waals surface area contributed by atoms with Gasteiger partial charge in [-0.1, -0.05) is 60.7 Å². The summed E-state index contributed by atoms with van der Waals surface area (Å²) in [5.41, 5.74) is 3.03. The summed E-state index contributed by atoms with van der Waals surface area (Å²) in [5.74, 6) is -0.124. The molecule has 0 N–H and O–H groups in total.